The van der Waals surface area contributed by atoms with E-state index < -0.39 is 5.60 Å². The number of nitrogens with zero attached hydrogens (tertiary/aromatic N) is 1. The van der Waals surface area contributed by atoms with Crippen LogP contribution in [0.1, 0.15) is 66.3 Å². The first kappa shape index (κ1) is 34.3. The third-order valence-electron chi connectivity index (χ3n) is 7.30. The van der Waals surface area contributed by atoms with Gasteiger partial charge in [0.2, 0.25) is 0 Å². The van der Waals surface area contributed by atoms with Crippen molar-refractivity contribution in [3.8, 4) is 0 Å². The van der Waals surface area contributed by atoms with Crippen molar-refractivity contribution in [2.24, 2.45) is 5.41 Å². The van der Waals surface area contributed by atoms with Crippen molar-refractivity contribution >= 4 is 52.6 Å². The summed E-state index contributed by atoms with van der Waals surface area (Å²) in [4.78, 5) is 21.0. The smallest absolute Gasteiger partial charge is 0.386 e. The van der Waals surface area contributed by atoms with Crippen LogP contribution in [-0.4, -0.2) is 22.0 Å². The third-order valence-corrected chi connectivity index (χ3v) is 9.23. The number of aliphatic hydroxyl groups is 1. The Morgan fingerprint density at radius 2 is 1.76 bits per heavy atom. The average Bonchev–Trinajstić information content (AvgIpc) is 3.69. The van der Waals surface area contributed by atoms with Gasteiger partial charge in [-0.15, -0.1) is 5.41 Å². The first-order chi connectivity index (χ1) is 19.6. The molecule has 1 aliphatic rings. The van der Waals surface area contributed by atoms with Crippen LogP contribution in [0.3, 0.4) is 0 Å². The van der Waals surface area contributed by atoms with Gasteiger partial charge in [-0.05, 0) is 79.0 Å². The topological polar surface area (TPSA) is 67.3 Å². The molecule has 0 saturated heterocycles. The number of aryl methyl sites for hydroxylation is 1. The van der Waals surface area contributed by atoms with Gasteiger partial charge in [-0.1, -0.05) is 91.2 Å². The van der Waals surface area contributed by atoms with Crippen molar-refractivity contribution < 1.29 is 44.3 Å². The van der Waals surface area contributed by atoms with Gasteiger partial charge in [0, 0.05) is 15.7 Å². The van der Waals surface area contributed by atoms with Crippen LogP contribution in [0.2, 0.25) is 5.02 Å². The number of thioether (sulfide) groups is 1. The number of fused-ring (bicyclic) bond motifs is 1. The standard InChI is InChI=1S/C34H35ClNOS.CO2.Na/c1-33(2,37)30-10-5-4-8-25(30)14-18-32(38-23-34(3)19-20-34)27-9-6-7-24(21-27)11-16-29-17-13-26-12-15-28(35)22-31(26)36-29;2-1-3;/h4-13,15-17,21-22,32,37H,3,14,18-20,23H2,1-2H3;;/q-1;;+1/b16-11+;;/t32-;;/m1../s1. The fraction of sp³-hybridized carbons (Fsp3) is 0.286. The predicted molar refractivity (Wildman–Crippen MR) is 169 cm³/mol. The molecule has 1 saturated carbocycles. The number of pyridine rings is 1. The summed E-state index contributed by atoms with van der Waals surface area (Å²) in [5.74, 6) is 1.08. The van der Waals surface area contributed by atoms with Gasteiger partial charge in [-0.25, -0.2) is 4.98 Å². The molecular formula is C35H35ClNNaO3S. The van der Waals surface area contributed by atoms with Crippen LogP contribution < -0.4 is 29.6 Å². The summed E-state index contributed by atoms with van der Waals surface area (Å²) in [6, 6.07) is 27.0. The molecule has 1 atom stereocenters. The van der Waals surface area contributed by atoms with E-state index >= 15 is 0 Å². The van der Waals surface area contributed by atoms with Crippen molar-refractivity contribution in [2.45, 2.75) is 50.4 Å². The summed E-state index contributed by atoms with van der Waals surface area (Å²) < 4.78 is 0. The van der Waals surface area contributed by atoms with Crippen LogP contribution in [0.5, 0.6) is 0 Å². The van der Waals surface area contributed by atoms with Crippen LogP contribution in [0, 0.1) is 12.3 Å². The van der Waals surface area contributed by atoms with Crippen LogP contribution in [0.4, 0.5) is 0 Å². The molecule has 1 aliphatic carbocycles. The monoisotopic (exact) mass is 607 g/mol. The van der Waals surface area contributed by atoms with Crippen molar-refractivity contribution in [3.63, 3.8) is 0 Å². The van der Waals surface area contributed by atoms with Gasteiger partial charge in [-0.3, -0.25) is 0 Å². The third kappa shape index (κ3) is 9.92. The van der Waals surface area contributed by atoms with Crippen LogP contribution in [0.25, 0.3) is 23.1 Å². The van der Waals surface area contributed by atoms with Gasteiger partial charge < -0.3 is 12.0 Å². The summed E-state index contributed by atoms with van der Waals surface area (Å²) in [6.07, 6.45) is 8.83. The van der Waals surface area contributed by atoms with Gasteiger partial charge >= 0.3 is 35.7 Å². The molecule has 0 spiro atoms. The Hall–Kier alpha value is -2.21. The summed E-state index contributed by atoms with van der Waals surface area (Å²) in [5, 5.41) is 12.8. The maximum atomic E-state index is 10.7. The minimum atomic E-state index is -0.850. The molecule has 1 aromatic heterocycles. The van der Waals surface area contributed by atoms with Crippen LogP contribution in [0.15, 0.2) is 78.9 Å². The van der Waals surface area contributed by atoms with E-state index in [1.807, 2.05) is 62.0 Å². The minimum absolute atomic E-state index is 0. The quantitative estimate of drug-likeness (QED) is 0.184. The maximum absolute atomic E-state index is 10.7. The summed E-state index contributed by atoms with van der Waals surface area (Å²) in [6.45, 7) is 8.17. The Morgan fingerprint density at radius 1 is 1.05 bits per heavy atom. The molecule has 0 radical (unpaired) electrons. The first-order valence-corrected chi connectivity index (χ1v) is 15.1. The number of benzene rings is 3. The molecule has 0 bridgehead atoms. The van der Waals surface area contributed by atoms with Gasteiger partial charge in [-0.2, -0.15) is 21.4 Å². The molecule has 1 N–H and O–H groups in total. The molecule has 1 fully saturated rings. The van der Waals surface area contributed by atoms with Crippen molar-refractivity contribution in [3.05, 3.63) is 119 Å². The van der Waals surface area contributed by atoms with Crippen molar-refractivity contribution in [1.29, 1.82) is 0 Å². The van der Waals surface area contributed by atoms with Gasteiger partial charge in [0.05, 0.1) is 16.8 Å². The van der Waals surface area contributed by atoms with E-state index in [0.29, 0.717) is 10.3 Å². The normalized spacial score (nSPS) is 14.4. The van der Waals surface area contributed by atoms with Gasteiger partial charge in [0.1, 0.15) is 0 Å². The number of aromatic nitrogens is 1. The summed E-state index contributed by atoms with van der Waals surface area (Å²) >= 11 is 8.20. The molecule has 42 heavy (non-hydrogen) atoms. The summed E-state index contributed by atoms with van der Waals surface area (Å²) in [5.41, 5.74) is 5.94. The van der Waals surface area contributed by atoms with Gasteiger partial charge in [0.25, 0.3) is 0 Å². The Morgan fingerprint density at radius 3 is 2.48 bits per heavy atom. The molecule has 4 aromatic rings. The average molecular weight is 608 g/mol. The second kappa shape index (κ2) is 15.5. The van der Waals surface area contributed by atoms with E-state index in [2.05, 4.69) is 61.5 Å². The molecule has 3 aromatic carbocycles. The minimum Gasteiger partial charge on any atom is -0.386 e. The summed E-state index contributed by atoms with van der Waals surface area (Å²) in [7, 11) is 0. The van der Waals surface area contributed by atoms with E-state index in [4.69, 9.17) is 26.2 Å². The SMILES string of the molecule is O=C=O.[CH2-]C1(CS[C@H](CCc2ccccc2C(C)(C)O)c2cccc(/C=C/c3ccc4ccc(Cl)cc4n3)c2)CC1.[Na+]. The largest absolute Gasteiger partial charge is 1.00 e. The van der Waals surface area contributed by atoms with Gasteiger partial charge in [0.15, 0.2) is 0 Å². The van der Waals surface area contributed by atoms with E-state index in [-0.39, 0.29) is 41.1 Å². The van der Waals surface area contributed by atoms with Crippen LogP contribution >= 0.6 is 23.4 Å². The Balaban J connectivity index is 0.00000116. The second-order valence-corrected chi connectivity index (χ2v) is 12.8. The van der Waals surface area contributed by atoms with E-state index in [1.54, 1.807) is 0 Å². The molecule has 4 nitrogen and oxygen atoms in total. The van der Waals surface area contributed by atoms with E-state index in [0.717, 1.165) is 46.3 Å². The second-order valence-electron chi connectivity index (χ2n) is 11.2. The molecule has 0 aliphatic heterocycles. The fourth-order valence-corrected chi connectivity index (χ4v) is 6.44. The molecule has 1 heterocycles. The molecule has 212 valence electrons. The van der Waals surface area contributed by atoms with E-state index in [9.17, 15) is 5.11 Å². The molecule has 0 unspecified atom stereocenters. The Bertz CT molecular complexity index is 1560. The number of carbonyl (C=O) groups excluding carboxylic acids is 2. The Kier molecular flexibility index (Phi) is 12.6. The molecule has 5 rings (SSSR count). The maximum Gasteiger partial charge on any atom is 1.00 e. The fourth-order valence-electron chi connectivity index (χ4n) is 4.81. The number of hydrogen-bond acceptors (Lipinski definition) is 5. The number of rotatable bonds is 10. The number of halogens is 1. The number of hydrogen-bond donors (Lipinski definition) is 1. The first-order valence-electron chi connectivity index (χ1n) is 13.7. The van der Waals surface area contributed by atoms with Crippen LogP contribution in [-0.2, 0) is 21.6 Å². The predicted octanol–water partition coefficient (Wildman–Crippen LogP) is 5.73. The molecular weight excluding hydrogens is 573 g/mol. The van der Waals surface area contributed by atoms with Crippen molar-refractivity contribution in [2.75, 3.05) is 5.75 Å². The van der Waals surface area contributed by atoms with Crippen molar-refractivity contribution in [1.82, 2.24) is 4.98 Å². The zero-order valence-electron chi connectivity index (χ0n) is 24.5. The van der Waals surface area contributed by atoms with E-state index in [1.165, 1.54) is 24.0 Å². The molecule has 0 amide bonds. The zero-order chi connectivity index (χ0) is 29.5. The Labute approximate surface area is 280 Å². The zero-order valence-corrected chi connectivity index (χ0v) is 28.0. The molecule has 7 heteroatoms.